The van der Waals surface area contributed by atoms with E-state index in [4.69, 9.17) is 11.6 Å². The third kappa shape index (κ3) is 4.30. The van der Waals surface area contributed by atoms with Crippen LogP contribution in [0, 0.1) is 5.82 Å². The van der Waals surface area contributed by atoms with Gasteiger partial charge in [-0.15, -0.1) is 0 Å². The predicted octanol–water partition coefficient (Wildman–Crippen LogP) is 3.40. The van der Waals surface area contributed by atoms with Crippen LogP contribution >= 0.6 is 11.6 Å². The number of sulfonamides is 1. The smallest absolute Gasteiger partial charge is 0.212 e. The van der Waals surface area contributed by atoms with Crippen LogP contribution in [-0.2, 0) is 15.8 Å². The molecule has 0 atom stereocenters. The Labute approximate surface area is 123 Å². The first-order valence-corrected chi connectivity index (χ1v) is 8.59. The summed E-state index contributed by atoms with van der Waals surface area (Å²) in [6.45, 7) is 0.300. The van der Waals surface area contributed by atoms with Gasteiger partial charge in [-0.1, -0.05) is 29.3 Å². The molecule has 0 radical (unpaired) electrons. The first kappa shape index (κ1) is 15.5. The van der Waals surface area contributed by atoms with Gasteiger partial charge in [0.15, 0.2) is 0 Å². The van der Waals surface area contributed by atoms with Crippen LogP contribution in [0.15, 0.2) is 29.8 Å². The minimum atomic E-state index is -3.59. The van der Waals surface area contributed by atoms with Crippen molar-refractivity contribution in [3.63, 3.8) is 0 Å². The molecule has 1 N–H and O–H groups in total. The Hall–Kier alpha value is -0.910. The van der Waals surface area contributed by atoms with Gasteiger partial charge in [0.05, 0.1) is 5.75 Å². The molecule has 1 aliphatic carbocycles. The Morgan fingerprint density at radius 1 is 1.30 bits per heavy atom. The fourth-order valence-corrected chi connectivity index (χ4v) is 3.67. The lowest BCUT2D eigenvalue weighted by Gasteiger charge is -2.14. The molecule has 1 aromatic carbocycles. The van der Waals surface area contributed by atoms with Gasteiger partial charge in [-0.25, -0.2) is 17.5 Å². The van der Waals surface area contributed by atoms with Gasteiger partial charge in [0.2, 0.25) is 10.0 Å². The molecule has 0 aliphatic heterocycles. The fraction of sp³-hybridized carbons (Fsp3) is 0.429. The summed E-state index contributed by atoms with van der Waals surface area (Å²) in [7, 11) is -3.59. The fourth-order valence-electron chi connectivity index (χ4n) is 2.18. The molecule has 2 rings (SSSR count). The summed E-state index contributed by atoms with van der Waals surface area (Å²) >= 11 is 5.84. The molecule has 0 heterocycles. The van der Waals surface area contributed by atoms with Crippen LogP contribution in [0.4, 0.5) is 4.39 Å². The minimum Gasteiger partial charge on any atom is -0.212 e. The zero-order chi connectivity index (χ0) is 14.6. The molecule has 0 saturated carbocycles. The highest BCUT2D eigenvalue weighted by Crippen LogP contribution is 2.21. The van der Waals surface area contributed by atoms with Crippen molar-refractivity contribution in [1.82, 2.24) is 4.72 Å². The molecule has 0 aromatic heterocycles. The Kier molecular flexibility index (Phi) is 5.18. The SMILES string of the molecule is O=S(=O)(Cc1c(F)cccc1Cl)NCC1=CCCCC1. The molecule has 3 nitrogen and oxygen atoms in total. The Morgan fingerprint density at radius 3 is 2.75 bits per heavy atom. The average molecular weight is 318 g/mol. The van der Waals surface area contributed by atoms with Crippen molar-refractivity contribution >= 4 is 21.6 Å². The third-order valence-corrected chi connectivity index (χ3v) is 4.91. The van der Waals surface area contributed by atoms with Crippen LogP contribution in [0.2, 0.25) is 5.02 Å². The maximum atomic E-state index is 13.6. The summed E-state index contributed by atoms with van der Waals surface area (Å²) in [5.41, 5.74) is 1.11. The first-order chi connectivity index (χ1) is 9.48. The molecule has 20 heavy (non-hydrogen) atoms. The number of nitrogens with one attached hydrogen (secondary N) is 1. The topological polar surface area (TPSA) is 46.2 Å². The van der Waals surface area contributed by atoms with E-state index in [-0.39, 0.29) is 10.6 Å². The molecule has 0 fully saturated rings. The standard InChI is InChI=1S/C14H17ClFNO2S/c15-13-7-4-8-14(16)12(13)10-20(18,19)17-9-11-5-2-1-3-6-11/h4-5,7-8,17H,1-3,6,9-10H2. The minimum absolute atomic E-state index is 0.0132. The number of allylic oxidation sites excluding steroid dienone is 1. The zero-order valence-corrected chi connectivity index (χ0v) is 12.6. The zero-order valence-electron chi connectivity index (χ0n) is 11.0. The van der Waals surface area contributed by atoms with Crippen LogP contribution in [0.5, 0.6) is 0 Å². The molecule has 1 aromatic rings. The lowest BCUT2D eigenvalue weighted by molar-refractivity contribution is 0.575. The number of hydrogen-bond acceptors (Lipinski definition) is 2. The maximum Gasteiger partial charge on any atom is 0.216 e. The van der Waals surface area contributed by atoms with Gasteiger partial charge < -0.3 is 0 Å². The Bertz CT molecular complexity index is 593. The summed E-state index contributed by atoms with van der Waals surface area (Å²) in [6, 6.07) is 4.15. The van der Waals surface area contributed by atoms with Crippen LogP contribution in [-0.4, -0.2) is 15.0 Å². The van der Waals surface area contributed by atoms with E-state index in [1.165, 1.54) is 18.2 Å². The van der Waals surface area contributed by atoms with Crippen molar-refractivity contribution in [2.24, 2.45) is 0 Å². The van der Waals surface area contributed by atoms with E-state index in [1.54, 1.807) is 0 Å². The highest BCUT2D eigenvalue weighted by molar-refractivity contribution is 7.88. The summed E-state index contributed by atoms with van der Waals surface area (Å²) < 4.78 is 40.1. The summed E-state index contributed by atoms with van der Waals surface area (Å²) in [6.07, 6.45) is 6.23. The Morgan fingerprint density at radius 2 is 2.10 bits per heavy atom. The van der Waals surface area contributed by atoms with Crippen molar-refractivity contribution in [3.8, 4) is 0 Å². The van der Waals surface area contributed by atoms with Crippen molar-refractivity contribution in [1.29, 1.82) is 0 Å². The van der Waals surface area contributed by atoms with E-state index >= 15 is 0 Å². The van der Waals surface area contributed by atoms with E-state index in [2.05, 4.69) is 10.8 Å². The van der Waals surface area contributed by atoms with E-state index in [0.29, 0.717) is 6.54 Å². The van der Waals surface area contributed by atoms with Gasteiger partial charge in [0.25, 0.3) is 0 Å². The van der Waals surface area contributed by atoms with Gasteiger partial charge in [0, 0.05) is 17.1 Å². The summed E-state index contributed by atoms with van der Waals surface area (Å²) in [5, 5.41) is 0.132. The quantitative estimate of drug-likeness (QED) is 0.846. The Balaban J connectivity index is 2.02. The largest absolute Gasteiger partial charge is 0.216 e. The molecule has 0 spiro atoms. The first-order valence-electron chi connectivity index (χ1n) is 6.56. The maximum absolute atomic E-state index is 13.6. The molecule has 0 saturated heterocycles. The van der Waals surface area contributed by atoms with Crippen molar-refractivity contribution in [2.45, 2.75) is 31.4 Å². The molecule has 1 aliphatic rings. The monoisotopic (exact) mass is 317 g/mol. The average Bonchev–Trinajstić information content (AvgIpc) is 2.42. The van der Waals surface area contributed by atoms with E-state index in [9.17, 15) is 12.8 Å². The van der Waals surface area contributed by atoms with E-state index < -0.39 is 21.6 Å². The molecular formula is C14H17ClFNO2S. The van der Waals surface area contributed by atoms with Gasteiger partial charge in [-0.05, 0) is 37.8 Å². The van der Waals surface area contributed by atoms with Gasteiger partial charge in [-0.3, -0.25) is 0 Å². The van der Waals surface area contributed by atoms with Crippen molar-refractivity contribution in [2.75, 3.05) is 6.54 Å². The molecular weight excluding hydrogens is 301 g/mol. The second-order valence-corrected chi connectivity index (χ2v) is 7.10. The van der Waals surface area contributed by atoms with E-state index in [1.807, 2.05) is 0 Å². The summed E-state index contributed by atoms with van der Waals surface area (Å²) in [5.74, 6) is -1.04. The van der Waals surface area contributed by atoms with Crippen LogP contribution < -0.4 is 4.72 Å². The number of benzene rings is 1. The molecule has 0 amide bonds. The normalized spacial score (nSPS) is 16.0. The highest BCUT2D eigenvalue weighted by Gasteiger charge is 2.17. The lowest BCUT2D eigenvalue weighted by Crippen LogP contribution is -2.28. The lowest BCUT2D eigenvalue weighted by atomic mass is 10.0. The number of rotatable bonds is 5. The molecule has 110 valence electrons. The molecule has 0 unspecified atom stereocenters. The van der Waals surface area contributed by atoms with Gasteiger partial charge in [-0.2, -0.15) is 0 Å². The van der Waals surface area contributed by atoms with Crippen molar-refractivity contribution < 1.29 is 12.8 Å². The van der Waals surface area contributed by atoms with Crippen LogP contribution in [0.25, 0.3) is 0 Å². The second-order valence-electron chi connectivity index (χ2n) is 4.89. The second kappa shape index (κ2) is 6.70. The van der Waals surface area contributed by atoms with Gasteiger partial charge >= 0.3 is 0 Å². The van der Waals surface area contributed by atoms with Crippen LogP contribution in [0.3, 0.4) is 0 Å². The molecule has 6 heteroatoms. The molecule has 0 bridgehead atoms. The highest BCUT2D eigenvalue weighted by atomic mass is 35.5. The van der Waals surface area contributed by atoms with Gasteiger partial charge in [0.1, 0.15) is 5.82 Å². The number of halogens is 2. The van der Waals surface area contributed by atoms with Crippen molar-refractivity contribution in [3.05, 3.63) is 46.3 Å². The van der Waals surface area contributed by atoms with E-state index in [0.717, 1.165) is 31.3 Å². The summed E-state index contributed by atoms with van der Waals surface area (Å²) in [4.78, 5) is 0. The van der Waals surface area contributed by atoms with Crippen LogP contribution in [0.1, 0.15) is 31.2 Å². The third-order valence-electron chi connectivity index (χ3n) is 3.30. The predicted molar refractivity (Wildman–Crippen MR) is 78.6 cm³/mol. The number of hydrogen-bond donors (Lipinski definition) is 1.